The molecule has 38 heavy (non-hydrogen) atoms. The normalized spacial score (nSPS) is 17.1. The lowest BCUT2D eigenvalue weighted by Gasteiger charge is -2.27. The van der Waals surface area contributed by atoms with E-state index in [2.05, 4.69) is 14.7 Å². The summed E-state index contributed by atoms with van der Waals surface area (Å²) in [5, 5.41) is 20.7. The summed E-state index contributed by atoms with van der Waals surface area (Å²) in [6, 6.07) is 6.61. The van der Waals surface area contributed by atoms with Gasteiger partial charge in [0.15, 0.2) is 5.69 Å². The van der Waals surface area contributed by atoms with Gasteiger partial charge in [0.1, 0.15) is 11.9 Å². The van der Waals surface area contributed by atoms with Gasteiger partial charge in [0.2, 0.25) is 5.92 Å². The van der Waals surface area contributed by atoms with E-state index in [1.165, 1.54) is 35.2 Å². The minimum Gasteiger partial charge on any atom is -0.463 e. The summed E-state index contributed by atoms with van der Waals surface area (Å²) in [6.45, 7) is 0.643. The summed E-state index contributed by atoms with van der Waals surface area (Å²) in [5.41, 5.74) is -3.21. The maximum absolute atomic E-state index is 14.0. The third kappa shape index (κ3) is 6.36. The summed E-state index contributed by atoms with van der Waals surface area (Å²) in [7, 11) is -3.40. The van der Waals surface area contributed by atoms with E-state index >= 15 is 0 Å². The number of carboxylic acid groups (broad SMARTS) is 1. The van der Waals surface area contributed by atoms with Gasteiger partial charge in [-0.05, 0) is 37.1 Å². The number of nitriles is 1. The number of rotatable bonds is 4. The molecule has 3 rings (SSSR count). The molecule has 0 radical (unpaired) electrons. The van der Waals surface area contributed by atoms with Crippen LogP contribution in [0.4, 0.5) is 38.3 Å². The lowest BCUT2D eigenvalue weighted by Crippen LogP contribution is -2.31. The third-order valence-electron chi connectivity index (χ3n) is 5.83. The Bertz CT molecular complexity index is 1440. The molecule has 2 heterocycles. The summed E-state index contributed by atoms with van der Waals surface area (Å²) < 4.78 is 85.0. The number of nitrogens with zero attached hydrogens (tertiary/aromatic N) is 4. The molecule has 1 unspecified atom stereocenters. The second kappa shape index (κ2) is 10.5. The van der Waals surface area contributed by atoms with E-state index in [0.29, 0.717) is 0 Å². The van der Waals surface area contributed by atoms with Crippen molar-refractivity contribution < 1.29 is 40.9 Å². The van der Waals surface area contributed by atoms with E-state index in [-0.39, 0.29) is 35.7 Å². The first-order valence-corrected chi connectivity index (χ1v) is 13.0. The summed E-state index contributed by atoms with van der Waals surface area (Å²) in [5.74, 6) is -4.54. The molecule has 1 aromatic heterocycles. The van der Waals surface area contributed by atoms with Crippen LogP contribution in [-0.2, 0) is 15.9 Å². The molecule has 2 N–H and O–H groups in total. The van der Waals surface area contributed by atoms with Crippen molar-refractivity contribution in [1.82, 2.24) is 4.98 Å². The van der Waals surface area contributed by atoms with Crippen LogP contribution in [0.3, 0.4) is 0 Å². The highest BCUT2D eigenvalue weighted by atomic mass is 32.2. The largest absolute Gasteiger partial charge is 0.463 e. The Balaban J connectivity index is 2.14. The predicted molar refractivity (Wildman–Crippen MR) is 127 cm³/mol. The standard InChI is InChI=1S/C23H22F5N5O4S/c1-13-16(12-29)18(23(26,27)28)31-19(33-9-4-7-22(24,25)8-10-33)17(13)20(34)30-14-5-3-6-15(11-14)38(2,37)32-21(35)36/h3,5-6,11H,4,7-10H2,1-2H3,(H,30,34)(H,35,36). The number of carbonyl (C=O) groups is 2. The molecule has 204 valence electrons. The van der Waals surface area contributed by atoms with Crippen molar-refractivity contribution in [2.75, 3.05) is 29.6 Å². The molecule has 2 amide bonds. The Labute approximate surface area is 214 Å². The highest BCUT2D eigenvalue weighted by molar-refractivity contribution is 7.93. The SMILES string of the molecule is Cc1c(C#N)c(C(F)(F)F)nc(N2CCCC(F)(F)CC2)c1C(=O)Nc1cccc(S(C)(=O)=NC(=O)O)c1. The zero-order valence-corrected chi connectivity index (χ0v) is 20.9. The smallest absolute Gasteiger partial charge is 0.439 e. The van der Waals surface area contributed by atoms with Crippen LogP contribution in [0.5, 0.6) is 0 Å². The van der Waals surface area contributed by atoms with E-state index in [1.54, 1.807) is 0 Å². The van der Waals surface area contributed by atoms with Crippen molar-refractivity contribution in [2.45, 2.75) is 43.2 Å². The van der Waals surface area contributed by atoms with Crippen molar-refractivity contribution in [1.29, 1.82) is 5.26 Å². The van der Waals surface area contributed by atoms with Crippen molar-refractivity contribution in [2.24, 2.45) is 4.36 Å². The van der Waals surface area contributed by atoms with E-state index in [0.717, 1.165) is 13.2 Å². The average Bonchev–Trinajstić information content (AvgIpc) is 2.97. The fraction of sp³-hybridized carbons (Fsp3) is 0.391. The van der Waals surface area contributed by atoms with Crippen LogP contribution in [0, 0.1) is 18.3 Å². The van der Waals surface area contributed by atoms with Gasteiger partial charge in [0, 0.05) is 42.8 Å². The first-order chi connectivity index (χ1) is 17.6. The molecule has 15 heteroatoms. The Kier molecular flexibility index (Phi) is 7.96. The van der Waals surface area contributed by atoms with Gasteiger partial charge in [-0.15, -0.1) is 4.36 Å². The zero-order valence-electron chi connectivity index (χ0n) is 20.1. The molecule has 1 fully saturated rings. The predicted octanol–water partition coefficient (Wildman–Crippen LogP) is 5.29. The number of amides is 2. The van der Waals surface area contributed by atoms with E-state index < -0.39 is 69.3 Å². The highest BCUT2D eigenvalue weighted by Gasteiger charge is 2.40. The van der Waals surface area contributed by atoms with Crippen LogP contribution in [0.25, 0.3) is 0 Å². The number of halogens is 5. The molecule has 1 saturated heterocycles. The number of nitrogens with one attached hydrogen (secondary N) is 1. The van der Waals surface area contributed by atoms with Crippen LogP contribution in [0.15, 0.2) is 33.5 Å². The third-order valence-corrected chi connectivity index (χ3v) is 7.47. The van der Waals surface area contributed by atoms with Crippen molar-refractivity contribution in [3.63, 3.8) is 0 Å². The van der Waals surface area contributed by atoms with E-state index in [1.807, 2.05) is 0 Å². The Hall–Kier alpha value is -3.80. The Morgan fingerprint density at radius 3 is 2.55 bits per heavy atom. The fourth-order valence-corrected chi connectivity index (χ4v) is 5.09. The van der Waals surface area contributed by atoms with Gasteiger partial charge in [-0.2, -0.15) is 18.4 Å². The monoisotopic (exact) mass is 559 g/mol. The first-order valence-electron chi connectivity index (χ1n) is 11.1. The number of hydrogen-bond acceptors (Lipinski definition) is 6. The number of alkyl halides is 5. The molecule has 0 saturated carbocycles. The maximum atomic E-state index is 14.0. The molecule has 1 aromatic carbocycles. The molecule has 9 nitrogen and oxygen atoms in total. The van der Waals surface area contributed by atoms with Gasteiger partial charge in [-0.25, -0.2) is 22.8 Å². The van der Waals surface area contributed by atoms with Crippen LogP contribution < -0.4 is 10.2 Å². The van der Waals surface area contributed by atoms with Gasteiger partial charge >= 0.3 is 12.3 Å². The van der Waals surface area contributed by atoms with Crippen molar-refractivity contribution >= 4 is 33.2 Å². The molecule has 0 bridgehead atoms. The second-order valence-electron chi connectivity index (χ2n) is 8.62. The minimum atomic E-state index is -5.06. The molecule has 0 aliphatic carbocycles. The number of anilines is 2. The molecule has 1 atom stereocenters. The van der Waals surface area contributed by atoms with E-state index in [9.17, 15) is 41.0 Å². The van der Waals surface area contributed by atoms with Gasteiger partial charge in [-0.3, -0.25) is 4.79 Å². The highest BCUT2D eigenvalue weighted by Crippen LogP contribution is 2.38. The Morgan fingerprint density at radius 1 is 1.26 bits per heavy atom. The number of hydrogen-bond donors (Lipinski definition) is 2. The van der Waals surface area contributed by atoms with Crippen LogP contribution in [0.1, 0.15) is 46.4 Å². The summed E-state index contributed by atoms with van der Waals surface area (Å²) in [4.78, 5) is 29.0. The van der Waals surface area contributed by atoms with Crippen LogP contribution in [-0.4, -0.2) is 51.6 Å². The lowest BCUT2D eigenvalue weighted by atomic mass is 10.00. The fourth-order valence-electron chi connectivity index (χ4n) is 4.01. The van der Waals surface area contributed by atoms with Crippen LogP contribution >= 0.6 is 0 Å². The molecule has 2 aromatic rings. The number of pyridine rings is 1. The number of benzene rings is 1. The van der Waals surface area contributed by atoms with Crippen molar-refractivity contribution in [3.8, 4) is 6.07 Å². The second-order valence-corrected chi connectivity index (χ2v) is 10.9. The summed E-state index contributed by atoms with van der Waals surface area (Å²) in [6.07, 6.45) is -6.89. The van der Waals surface area contributed by atoms with Crippen LogP contribution in [0.2, 0.25) is 0 Å². The van der Waals surface area contributed by atoms with Gasteiger partial charge in [-0.1, -0.05) is 6.07 Å². The first kappa shape index (κ1) is 28.8. The Morgan fingerprint density at radius 2 is 1.95 bits per heavy atom. The zero-order chi connectivity index (χ0) is 28.5. The topological polar surface area (TPSA) is 136 Å². The molecule has 0 spiro atoms. The summed E-state index contributed by atoms with van der Waals surface area (Å²) >= 11 is 0. The molecule has 1 aliphatic heterocycles. The average molecular weight is 560 g/mol. The number of aromatic nitrogens is 1. The van der Waals surface area contributed by atoms with Gasteiger partial charge < -0.3 is 15.3 Å². The molecular formula is C23H22F5N5O4S. The van der Waals surface area contributed by atoms with E-state index in [4.69, 9.17) is 5.11 Å². The quantitative estimate of drug-likeness (QED) is 0.486. The van der Waals surface area contributed by atoms with Gasteiger partial charge in [0.05, 0.1) is 20.9 Å². The molecular weight excluding hydrogens is 537 g/mol. The van der Waals surface area contributed by atoms with Crippen molar-refractivity contribution in [3.05, 3.63) is 46.6 Å². The maximum Gasteiger partial charge on any atom is 0.439 e. The minimum absolute atomic E-state index is 0.00572. The number of carbonyl (C=O) groups excluding carboxylic acids is 1. The molecule has 1 aliphatic rings. The lowest BCUT2D eigenvalue weighted by molar-refractivity contribution is -0.141. The van der Waals surface area contributed by atoms with Gasteiger partial charge in [0.25, 0.3) is 5.91 Å².